The van der Waals surface area contributed by atoms with E-state index in [9.17, 15) is 0 Å². The second kappa shape index (κ2) is 7.65. The molecule has 0 fully saturated rings. The molecule has 0 saturated carbocycles. The molecule has 0 aliphatic rings. The number of unbranched alkanes of at least 4 members (excludes halogenated alkanes) is 2. The van der Waals surface area contributed by atoms with Gasteiger partial charge in [-0.3, -0.25) is 0 Å². The first-order valence-electron chi connectivity index (χ1n) is 5.50. The molecule has 0 aliphatic carbocycles. The van der Waals surface area contributed by atoms with E-state index in [2.05, 4.69) is 15.9 Å². The van der Waals surface area contributed by atoms with Crippen molar-refractivity contribution in [2.75, 3.05) is 13.2 Å². The minimum atomic E-state index is 0.256. The van der Waals surface area contributed by atoms with Crippen molar-refractivity contribution in [1.82, 2.24) is 0 Å². The molecular formula is C12H18BrNO2. The van der Waals surface area contributed by atoms with Gasteiger partial charge in [0.05, 0.1) is 6.61 Å². The van der Waals surface area contributed by atoms with Crippen LogP contribution in [0.3, 0.4) is 0 Å². The molecule has 0 bridgehead atoms. The summed E-state index contributed by atoms with van der Waals surface area (Å²) in [5, 5.41) is 8.63. The lowest BCUT2D eigenvalue weighted by Crippen LogP contribution is -2.04. The molecule has 16 heavy (non-hydrogen) atoms. The first-order chi connectivity index (χ1) is 7.77. The van der Waals surface area contributed by atoms with E-state index in [1.807, 2.05) is 18.2 Å². The third-order valence-electron chi connectivity index (χ3n) is 2.30. The summed E-state index contributed by atoms with van der Waals surface area (Å²) in [6.45, 7) is 1.41. The van der Waals surface area contributed by atoms with Gasteiger partial charge >= 0.3 is 0 Å². The summed E-state index contributed by atoms with van der Waals surface area (Å²) in [5.41, 5.74) is 6.65. The fraction of sp³-hybridized carbons (Fsp3) is 0.500. The molecule has 0 unspecified atom stereocenters. The second-order valence-electron chi connectivity index (χ2n) is 3.59. The number of aliphatic hydroxyl groups excluding tert-OH is 1. The SMILES string of the molecule is NCc1cc(Br)ccc1OCCCCCO. The van der Waals surface area contributed by atoms with E-state index in [0.717, 1.165) is 35.0 Å². The van der Waals surface area contributed by atoms with Gasteiger partial charge in [-0.15, -0.1) is 0 Å². The summed E-state index contributed by atoms with van der Waals surface area (Å²) < 4.78 is 6.66. The average Bonchev–Trinajstić information content (AvgIpc) is 2.30. The van der Waals surface area contributed by atoms with Gasteiger partial charge in [0, 0.05) is 23.2 Å². The first-order valence-corrected chi connectivity index (χ1v) is 6.29. The zero-order valence-electron chi connectivity index (χ0n) is 9.29. The third kappa shape index (κ3) is 4.51. The highest BCUT2D eigenvalue weighted by Crippen LogP contribution is 2.22. The largest absolute Gasteiger partial charge is 0.493 e. The molecule has 1 aromatic carbocycles. The van der Waals surface area contributed by atoms with Crippen LogP contribution in [0.2, 0.25) is 0 Å². The first kappa shape index (κ1) is 13.5. The van der Waals surface area contributed by atoms with Gasteiger partial charge in [-0.2, -0.15) is 0 Å². The number of ether oxygens (including phenoxy) is 1. The molecule has 0 aromatic heterocycles. The number of halogens is 1. The molecule has 4 heteroatoms. The quantitative estimate of drug-likeness (QED) is 0.758. The van der Waals surface area contributed by atoms with Gasteiger partial charge < -0.3 is 15.6 Å². The van der Waals surface area contributed by atoms with Crippen molar-refractivity contribution in [1.29, 1.82) is 0 Å². The Labute approximate surface area is 105 Å². The monoisotopic (exact) mass is 287 g/mol. The van der Waals surface area contributed by atoms with Crippen LogP contribution >= 0.6 is 15.9 Å². The number of rotatable bonds is 7. The lowest BCUT2D eigenvalue weighted by atomic mass is 10.2. The number of aliphatic hydroxyl groups is 1. The maximum absolute atomic E-state index is 8.63. The van der Waals surface area contributed by atoms with E-state index in [-0.39, 0.29) is 6.61 Å². The van der Waals surface area contributed by atoms with E-state index in [4.69, 9.17) is 15.6 Å². The Kier molecular flexibility index (Phi) is 6.45. The van der Waals surface area contributed by atoms with Crippen LogP contribution in [0.1, 0.15) is 24.8 Å². The molecule has 0 aliphatic heterocycles. The molecule has 0 saturated heterocycles. The van der Waals surface area contributed by atoms with Gasteiger partial charge in [-0.25, -0.2) is 0 Å². The van der Waals surface area contributed by atoms with Crippen molar-refractivity contribution in [3.8, 4) is 5.75 Å². The highest BCUT2D eigenvalue weighted by atomic mass is 79.9. The fourth-order valence-corrected chi connectivity index (χ4v) is 1.83. The molecular weight excluding hydrogens is 270 g/mol. The number of hydrogen-bond acceptors (Lipinski definition) is 3. The minimum Gasteiger partial charge on any atom is -0.493 e. The maximum Gasteiger partial charge on any atom is 0.123 e. The average molecular weight is 288 g/mol. The molecule has 0 atom stereocenters. The molecule has 1 rings (SSSR count). The van der Waals surface area contributed by atoms with Crippen LogP contribution in [0.4, 0.5) is 0 Å². The van der Waals surface area contributed by atoms with Crippen LogP contribution in [0, 0.1) is 0 Å². The Hall–Kier alpha value is -0.580. The zero-order valence-corrected chi connectivity index (χ0v) is 10.9. The van der Waals surface area contributed by atoms with Crippen molar-refractivity contribution in [3.05, 3.63) is 28.2 Å². The molecule has 0 amide bonds. The van der Waals surface area contributed by atoms with Crippen molar-refractivity contribution in [2.24, 2.45) is 5.73 Å². The Morgan fingerprint density at radius 2 is 2.06 bits per heavy atom. The molecule has 3 N–H and O–H groups in total. The highest BCUT2D eigenvalue weighted by Gasteiger charge is 2.02. The topological polar surface area (TPSA) is 55.5 Å². The summed E-state index contributed by atoms with van der Waals surface area (Å²) in [5.74, 6) is 0.856. The van der Waals surface area contributed by atoms with Crippen molar-refractivity contribution in [3.63, 3.8) is 0 Å². The van der Waals surface area contributed by atoms with Crippen LogP contribution in [-0.2, 0) is 6.54 Å². The van der Waals surface area contributed by atoms with Gasteiger partial charge in [0.15, 0.2) is 0 Å². The molecule has 0 radical (unpaired) electrons. The number of hydrogen-bond donors (Lipinski definition) is 2. The van der Waals surface area contributed by atoms with E-state index in [1.54, 1.807) is 0 Å². The zero-order chi connectivity index (χ0) is 11.8. The van der Waals surface area contributed by atoms with E-state index in [1.165, 1.54) is 0 Å². The third-order valence-corrected chi connectivity index (χ3v) is 2.80. The fourth-order valence-electron chi connectivity index (χ4n) is 1.42. The summed E-state index contributed by atoms with van der Waals surface area (Å²) in [7, 11) is 0. The molecule has 90 valence electrons. The summed E-state index contributed by atoms with van der Waals surface area (Å²) in [6.07, 6.45) is 2.79. The lowest BCUT2D eigenvalue weighted by Gasteiger charge is -2.10. The summed E-state index contributed by atoms with van der Waals surface area (Å²) >= 11 is 3.40. The van der Waals surface area contributed by atoms with Crippen LogP contribution in [0.15, 0.2) is 22.7 Å². The number of nitrogens with two attached hydrogens (primary N) is 1. The smallest absolute Gasteiger partial charge is 0.123 e. The predicted octanol–water partition coefficient (Wildman–Crippen LogP) is 2.45. The Morgan fingerprint density at radius 1 is 1.25 bits per heavy atom. The summed E-state index contributed by atoms with van der Waals surface area (Å²) in [6, 6.07) is 5.85. The van der Waals surface area contributed by atoms with Crippen LogP contribution in [-0.4, -0.2) is 18.3 Å². The minimum absolute atomic E-state index is 0.256. The van der Waals surface area contributed by atoms with Gasteiger partial charge in [0.25, 0.3) is 0 Å². The molecule has 0 spiro atoms. The van der Waals surface area contributed by atoms with Crippen LogP contribution < -0.4 is 10.5 Å². The standard InChI is InChI=1S/C12H18BrNO2/c13-11-4-5-12(10(8-11)9-14)16-7-3-1-2-6-15/h4-5,8,15H,1-3,6-7,9,14H2. The highest BCUT2D eigenvalue weighted by molar-refractivity contribution is 9.10. The van der Waals surface area contributed by atoms with E-state index >= 15 is 0 Å². The second-order valence-corrected chi connectivity index (χ2v) is 4.50. The van der Waals surface area contributed by atoms with Gasteiger partial charge in [-0.05, 0) is 37.5 Å². The normalized spacial score (nSPS) is 10.4. The van der Waals surface area contributed by atoms with Gasteiger partial charge in [0.2, 0.25) is 0 Å². The van der Waals surface area contributed by atoms with Crippen molar-refractivity contribution < 1.29 is 9.84 Å². The predicted molar refractivity (Wildman–Crippen MR) is 68.5 cm³/mol. The van der Waals surface area contributed by atoms with E-state index in [0.29, 0.717) is 13.2 Å². The van der Waals surface area contributed by atoms with Crippen molar-refractivity contribution >= 4 is 15.9 Å². The molecule has 0 heterocycles. The Morgan fingerprint density at radius 3 is 2.75 bits per heavy atom. The maximum atomic E-state index is 8.63. The van der Waals surface area contributed by atoms with Crippen molar-refractivity contribution in [2.45, 2.75) is 25.8 Å². The molecule has 3 nitrogen and oxygen atoms in total. The van der Waals surface area contributed by atoms with E-state index < -0.39 is 0 Å². The lowest BCUT2D eigenvalue weighted by molar-refractivity contribution is 0.265. The number of benzene rings is 1. The summed E-state index contributed by atoms with van der Waals surface area (Å²) in [4.78, 5) is 0. The Bertz CT molecular complexity index is 318. The molecule has 1 aromatic rings. The van der Waals surface area contributed by atoms with Crippen LogP contribution in [0.25, 0.3) is 0 Å². The Balaban J connectivity index is 2.41. The van der Waals surface area contributed by atoms with Crippen LogP contribution in [0.5, 0.6) is 5.75 Å². The van der Waals surface area contributed by atoms with Gasteiger partial charge in [0.1, 0.15) is 5.75 Å². The van der Waals surface area contributed by atoms with Gasteiger partial charge in [-0.1, -0.05) is 15.9 Å².